The summed E-state index contributed by atoms with van der Waals surface area (Å²) in [5, 5.41) is 5.33. The van der Waals surface area contributed by atoms with Crippen molar-refractivity contribution in [3.63, 3.8) is 0 Å². The zero-order chi connectivity index (χ0) is 19.4. The average molecular weight is 345 g/mol. The second-order valence-corrected chi connectivity index (χ2v) is 5.65. The quantitative estimate of drug-likeness (QED) is 0.300. The molecule has 0 radical (unpaired) electrons. The molecule has 0 aliphatic heterocycles. The lowest BCUT2D eigenvalue weighted by molar-refractivity contribution is 1.50. The Hall–Kier alpha value is -2.60. The van der Waals surface area contributed by atoms with Gasteiger partial charge in [-0.2, -0.15) is 0 Å². The number of aryl methyl sites for hydroxylation is 2. The molecule has 0 bridgehead atoms. The van der Waals surface area contributed by atoms with Crippen molar-refractivity contribution in [3.8, 4) is 0 Å². The monoisotopic (exact) mass is 344 g/mol. The summed E-state index contributed by atoms with van der Waals surface area (Å²) in [5.74, 6) is 0. The fourth-order valence-corrected chi connectivity index (χ4v) is 2.70. The molecule has 4 aromatic rings. The van der Waals surface area contributed by atoms with Crippen LogP contribution in [0, 0.1) is 13.8 Å². The number of fused-ring (bicyclic) bond motifs is 2. The first kappa shape index (κ1) is 21.4. The second kappa shape index (κ2) is 11.9. The van der Waals surface area contributed by atoms with Crippen LogP contribution in [0.1, 0.15) is 38.8 Å². The molecule has 0 N–H and O–H groups in total. The van der Waals surface area contributed by atoms with Crippen molar-refractivity contribution < 1.29 is 0 Å². The molecule has 0 heterocycles. The highest BCUT2D eigenvalue weighted by atomic mass is 14.0. The van der Waals surface area contributed by atoms with Crippen molar-refractivity contribution in [1.82, 2.24) is 0 Å². The maximum atomic E-state index is 2.20. The van der Waals surface area contributed by atoms with Crippen LogP contribution in [-0.2, 0) is 0 Å². The van der Waals surface area contributed by atoms with Gasteiger partial charge in [-0.1, -0.05) is 118 Å². The van der Waals surface area contributed by atoms with E-state index in [0.717, 1.165) is 0 Å². The molecule has 4 rings (SSSR count). The molecule has 136 valence electrons. The van der Waals surface area contributed by atoms with Crippen molar-refractivity contribution in [3.05, 3.63) is 96.1 Å². The van der Waals surface area contributed by atoms with Gasteiger partial charge < -0.3 is 0 Å². The Kier molecular flexibility index (Phi) is 9.79. The summed E-state index contributed by atoms with van der Waals surface area (Å²) in [7, 11) is 0. The van der Waals surface area contributed by atoms with Gasteiger partial charge in [0.05, 0.1) is 0 Å². The van der Waals surface area contributed by atoms with Crippen LogP contribution in [0.5, 0.6) is 0 Å². The number of hydrogen-bond donors (Lipinski definition) is 0. The summed E-state index contributed by atoms with van der Waals surface area (Å²) in [6.07, 6.45) is 0. The minimum atomic E-state index is 1.32. The van der Waals surface area contributed by atoms with Crippen molar-refractivity contribution in [2.75, 3.05) is 0 Å². The minimum absolute atomic E-state index is 1.32. The second-order valence-electron chi connectivity index (χ2n) is 5.65. The van der Waals surface area contributed by atoms with Gasteiger partial charge in [-0.3, -0.25) is 0 Å². The van der Waals surface area contributed by atoms with Crippen LogP contribution in [0.15, 0.2) is 84.9 Å². The Balaban J connectivity index is 0.000000219. The Morgan fingerprint density at radius 3 is 1.65 bits per heavy atom. The lowest BCUT2D eigenvalue weighted by Gasteiger charge is -1.98. The first-order valence-electron chi connectivity index (χ1n) is 9.64. The molecule has 0 amide bonds. The van der Waals surface area contributed by atoms with Crippen molar-refractivity contribution in [2.24, 2.45) is 0 Å². The number of rotatable bonds is 0. The van der Waals surface area contributed by atoms with E-state index >= 15 is 0 Å². The zero-order valence-electron chi connectivity index (χ0n) is 17.1. The standard InChI is InChI=1S/2C11H10.2C2H6/c1-9-5-4-7-10-6-2-3-8-11(9)10;1-9-6-7-10-4-2-3-5-11(10)8-9;2*1-2/h2*2-8H,1H3;2*1-2H3. The predicted molar refractivity (Wildman–Crippen MR) is 120 cm³/mol. The number of benzene rings is 4. The van der Waals surface area contributed by atoms with Gasteiger partial charge in [-0.25, -0.2) is 0 Å². The van der Waals surface area contributed by atoms with E-state index in [1.54, 1.807) is 0 Å². The summed E-state index contributed by atoms with van der Waals surface area (Å²) >= 11 is 0. The van der Waals surface area contributed by atoms with Crippen molar-refractivity contribution in [1.29, 1.82) is 0 Å². The molecule has 4 aromatic carbocycles. The predicted octanol–water partition coefficient (Wildman–Crippen LogP) is 8.35. The zero-order valence-corrected chi connectivity index (χ0v) is 17.1. The van der Waals surface area contributed by atoms with Gasteiger partial charge in [0.25, 0.3) is 0 Å². The molecule has 0 spiro atoms. The first-order valence-corrected chi connectivity index (χ1v) is 9.64. The van der Waals surface area contributed by atoms with Gasteiger partial charge in [0.2, 0.25) is 0 Å². The van der Waals surface area contributed by atoms with Crippen molar-refractivity contribution >= 4 is 21.5 Å². The largest absolute Gasteiger partial charge is 0.0683 e. The van der Waals surface area contributed by atoms with Gasteiger partial charge in [0.15, 0.2) is 0 Å². The molecule has 0 saturated carbocycles. The molecule has 0 aliphatic carbocycles. The van der Waals surface area contributed by atoms with Crippen LogP contribution in [0.3, 0.4) is 0 Å². The highest BCUT2D eigenvalue weighted by molar-refractivity contribution is 5.85. The van der Waals surface area contributed by atoms with Gasteiger partial charge in [-0.05, 0) is 41.0 Å². The van der Waals surface area contributed by atoms with Crippen LogP contribution >= 0.6 is 0 Å². The smallest absolute Gasteiger partial charge is 0.0155 e. The van der Waals surface area contributed by atoms with Crippen molar-refractivity contribution in [2.45, 2.75) is 41.5 Å². The molecule has 0 heteroatoms. The Bertz CT molecular complexity index is 892. The summed E-state index contributed by atoms with van der Waals surface area (Å²) in [4.78, 5) is 0. The topological polar surface area (TPSA) is 0 Å². The third-order valence-corrected chi connectivity index (χ3v) is 3.91. The summed E-state index contributed by atoms with van der Waals surface area (Å²) in [5.41, 5.74) is 2.67. The Morgan fingerprint density at radius 1 is 0.462 bits per heavy atom. The third-order valence-electron chi connectivity index (χ3n) is 3.91. The molecule has 0 nitrogen and oxygen atoms in total. The molecular formula is C26H32. The fourth-order valence-electron chi connectivity index (χ4n) is 2.70. The molecule has 0 fully saturated rings. The van der Waals surface area contributed by atoms with E-state index in [0.29, 0.717) is 0 Å². The molecule has 0 saturated heterocycles. The van der Waals surface area contributed by atoms with E-state index in [2.05, 4.69) is 98.8 Å². The maximum Gasteiger partial charge on any atom is -0.0155 e. The molecular weight excluding hydrogens is 312 g/mol. The minimum Gasteiger partial charge on any atom is -0.0683 e. The van der Waals surface area contributed by atoms with Gasteiger partial charge in [-0.15, -0.1) is 0 Å². The first-order chi connectivity index (χ1) is 12.7. The maximum absolute atomic E-state index is 2.20. The SMILES string of the molecule is CC.CC.Cc1ccc2ccccc2c1.Cc1cccc2ccccc12. The summed E-state index contributed by atoms with van der Waals surface area (Å²) in [6.45, 7) is 12.3. The van der Waals surface area contributed by atoms with E-state index in [9.17, 15) is 0 Å². The summed E-state index contributed by atoms with van der Waals surface area (Å²) in [6, 6.07) is 29.7. The van der Waals surface area contributed by atoms with E-state index in [4.69, 9.17) is 0 Å². The number of hydrogen-bond acceptors (Lipinski definition) is 0. The highest BCUT2D eigenvalue weighted by Gasteiger charge is 1.92. The van der Waals surface area contributed by atoms with Gasteiger partial charge >= 0.3 is 0 Å². The lowest BCUT2D eigenvalue weighted by atomic mass is 10.1. The third kappa shape index (κ3) is 6.04. The lowest BCUT2D eigenvalue weighted by Crippen LogP contribution is -1.75. The van der Waals surface area contributed by atoms with Gasteiger partial charge in [0.1, 0.15) is 0 Å². The van der Waals surface area contributed by atoms with Crippen LogP contribution in [0.4, 0.5) is 0 Å². The molecule has 0 aromatic heterocycles. The van der Waals surface area contributed by atoms with Crippen LogP contribution < -0.4 is 0 Å². The van der Waals surface area contributed by atoms with E-state index in [1.807, 2.05) is 27.7 Å². The van der Waals surface area contributed by atoms with Crippen LogP contribution in [-0.4, -0.2) is 0 Å². The Labute approximate surface area is 159 Å². The highest BCUT2D eigenvalue weighted by Crippen LogP contribution is 2.16. The van der Waals surface area contributed by atoms with E-state index < -0.39 is 0 Å². The Morgan fingerprint density at radius 2 is 1.00 bits per heavy atom. The van der Waals surface area contributed by atoms with E-state index in [1.165, 1.54) is 32.7 Å². The normalized spacial score (nSPS) is 9.15. The average Bonchev–Trinajstić information content (AvgIpc) is 2.72. The van der Waals surface area contributed by atoms with E-state index in [-0.39, 0.29) is 0 Å². The molecule has 0 atom stereocenters. The van der Waals surface area contributed by atoms with Crippen LogP contribution in [0.2, 0.25) is 0 Å². The molecule has 0 aliphatic rings. The van der Waals surface area contributed by atoms with Gasteiger partial charge in [0, 0.05) is 0 Å². The molecule has 26 heavy (non-hydrogen) atoms. The fraction of sp³-hybridized carbons (Fsp3) is 0.231. The summed E-state index contributed by atoms with van der Waals surface area (Å²) < 4.78 is 0. The van der Waals surface area contributed by atoms with Crippen LogP contribution in [0.25, 0.3) is 21.5 Å². The molecule has 0 unspecified atom stereocenters.